The van der Waals surface area contributed by atoms with E-state index < -0.39 is 20.7 Å². The average Bonchev–Trinajstić information content (AvgIpc) is 2.63. The van der Waals surface area contributed by atoms with Gasteiger partial charge in [0.15, 0.2) is 0 Å². The lowest BCUT2D eigenvalue weighted by atomic mass is 10.2. The third kappa shape index (κ3) is 4.56. The molecule has 1 amide bonds. The first-order valence-electron chi connectivity index (χ1n) is 8.58. The summed E-state index contributed by atoms with van der Waals surface area (Å²) in [5, 5.41) is 0. The third-order valence-electron chi connectivity index (χ3n) is 4.22. The second-order valence-corrected chi connectivity index (χ2v) is 7.81. The molecule has 0 bridgehead atoms. The van der Waals surface area contributed by atoms with Gasteiger partial charge >= 0.3 is 0 Å². The van der Waals surface area contributed by atoms with Crippen LogP contribution in [0.1, 0.15) is 37.0 Å². The first-order chi connectivity index (χ1) is 11.9. The number of hydrogen-bond donors (Lipinski definition) is 0. The molecule has 25 heavy (non-hydrogen) atoms. The molecule has 0 unspecified atom stereocenters. The van der Waals surface area contributed by atoms with Crippen LogP contribution in [-0.2, 0) is 14.8 Å². The normalized spacial score (nSPS) is 16.0. The van der Waals surface area contributed by atoms with Crippen LogP contribution >= 0.6 is 0 Å². The highest BCUT2D eigenvalue weighted by Gasteiger charge is 2.30. The molecule has 1 heterocycles. The molecule has 0 saturated carbocycles. The fourth-order valence-electron chi connectivity index (χ4n) is 2.69. The van der Waals surface area contributed by atoms with Crippen molar-refractivity contribution in [2.75, 3.05) is 39.4 Å². The number of nitrogens with zero attached hydrogens (tertiary/aromatic N) is 2. The summed E-state index contributed by atoms with van der Waals surface area (Å²) < 4.78 is 45.9. The van der Waals surface area contributed by atoms with Gasteiger partial charge in [0.05, 0.1) is 13.2 Å². The van der Waals surface area contributed by atoms with Gasteiger partial charge in [0.25, 0.3) is 5.91 Å². The van der Waals surface area contributed by atoms with Crippen molar-refractivity contribution in [3.8, 4) is 0 Å². The number of rotatable bonds is 7. The van der Waals surface area contributed by atoms with E-state index in [1.807, 2.05) is 13.8 Å². The molecule has 1 aromatic carbocycles. The molecule has 1 aliphatic rings. The molecule has 140 valence electrons. The standard InChI is InChI=1S/C17H25FN2O4S/c1-3-5-8-19(4-2)17(21)14-6-7-15(18)16(13-14)25(22,23)20-9-11-24-12-10-20/h6-7,13H,3-5,8-12H2,1-2H3. The van der Waals surface area contributed by atoms with Crippen molar-refractivity contribution in [2.24, 2.45) is 0 Å². The number of hydrogen-bond acceptors (Lipinski definition) is 4. The maximum atomic E-state index is 14.2. The van der Waals surface area contributed by atoms with Crippen molar-refractivity contribution in [1.82, 2.24) is 9.21 Å². The Labute approximate surface area is 148 Å². The number of ether oxygens (including phenoxy) is 1. The number of amides is 1. The molecular formula is C17H25FN2O4S. The van der Waals surface area contributed by atoms with E-state index in [1.54, 1.807) is 4.90 Å². The fraction of sp³-hybridized carbons (Fsp3) is 0.588. The van der Waals surface area contributed by atoms with E-state index in [-0.39, 0.29) is 37.8 Å². The maximum Gasteiger partial charge on any atom is 0.253 e. The molecule has 0 aliphatic carbocycles. The highest BCUT2D eigenvalue weighted by molar-refractivity contribution is 7.89. The quantitative estimate of drug-likeness (QED) is 0.735. The van der Waals surface area contributed by atoms with Gasteiger partial charge in [0, 0.05) is 31.7 Å². The number of morpholine rings is 1. The number of benzene rings is 1. The van der Waals surface area contributed by atoms with Crippen LogP contribution in [-0.4, -0.2) is 62.9 Å². The fourth-order valence-corrected chi connectivity index (χ4v) is 4.19. The van der Waals surface area contributed by atoms with Gasteiger partial charge < -0.3 is 9.64 Å². The van der Waals surface area contributed by atoms with Gasteiger partial charge in [-0.1, -0.05) is 13.3 Å². The van der Waals surface area contributed by atoms with E-state index in [0.29, 0.717) is 13.1 Å². The van der Waals surface area contributed by atoms with Gasteiger partial charge in [0.2, 0.25) is 10.0 Å². The molecule has 8 heteroatoms. The van der Waals surface area contributed by atoms with Crippen LogP contribution in [0.3, 0.4) is 0 Å². The second-order valence-electron chi connectivity index (χ2n) is 5.90. The molecule has 1 saturated heterocycles. The summed E-state index contributed by atoms with van der Waals surface area (Å²) in [6, 6.07) is 3.54. The minimum atomic E-state index is -3.99. The van der Waals surface area contributed by atoms with Gasteiger partial charge in [-0.15, -0.1) is 0 Å². The van der Waals surface area contributed by atoms with Gasteiger partial charge in [-0.3, -0.25) is 4.79 Å². The topological polar surface area (TPSA) is 66.9 Å². The molecule has 0 atom stereocenters. The Morgan fingerprint density at radius 2 is 1.96 bits per heavy atom. The smallest absolute Gasteiger partial charge is 0.253 e. The van der Waals surface area contributed by atoms with E-state index in [2.05, 4.69) is 0 Å². The predicted molar refractivity (Wildman–Crippen MR) is 92.5 cm³/mol. The Bertz CT molecular complexity index is 703. The summed E-state index contributed by atoms with van der Waals surface area (Å²) in [6.07, 6.45) is 1.81. The van der Waals surface area contributed by atoms with Crippen LogP contribution < -0.4 is 0 Å². The van der Waals surface area contributed by atoms with E-state index >= 15 is 0 Å². The number of sulfonamides is 1. The molecule has 0 radical (unpaired) electrons. The molecule has 0 aromatic heterocycles. The van der Waals surface area contributed by atoms with Crippen LogP contribution in [0, 0.1) is 5.82 Å². The van der Waals surface area contributed by atoms with Crippen LogP contribution in [0.25, 0.3) is 0 Å². The number of halogens is 1. The van der Waals surface area contributed by atoms with Crippen molar-refractivity contribution >= 4 is 15.9 Å². The van der Waals surface area contributed by atoms with Gasteiger partial charge in [-0.2, -0.15) is 4.31 Å². The van der Waals surface area contributed by atoms with Crippen LogP contribution in [0.2, 0.25) is 0 Å². The van der Waals surface area contributed by atoms with Crippen molar-refractivity contribution < 1.29 is 22.3 Å². The van der Waals surface area contributed by atoms with E-state index in [9.17, 15) is 17.6 Å². The molecule has 1 fully saturated rings. The minimum Gasteiger partial charge on any atom is -0.379 e. The summed E-state index contributed by atoms with van der Waals surface area (Å²) in [4.78, 5) is 13.8. The van der Waals surface area contributed by atoms with Gasteiger partial charge in [0.1, 0.15) is 10.7 Å². The first-order valence-corrected chi connectivity index (χ1v) is 10.0. The average molecular weight is 372 g/mol. The van der Waals surface area contributed by atoms with Crippen LogP contribution in [0.15, 0.2) is 23.1 Å². The lowest BCUT2D eigenvalue weighted by molar-refractivity contribution is 0.0728. The SMILES string of the molecule is CCCCN(CC)C(=O)c1ccc(F)c(S(=O)(=O)N2CCOCC2)c1. The monoisotopic (exact) mass is 372 g/mol. The largest absolute Gasteiger partial charge is 0.379 e. The van der Waals surface area contributed by atoms with Crippen LogP contribution in [0.4, 0.5) is 4.39 Å². The Hall–Kier alpha value is -1.51. The first kappa shape index (κ1) is 19.8. The summed E-state index contributed by atoms with van der Waals surface area (Å²) in [5.41, 5.74) is 0.186. The molecule has 0 N–H and O–H groups in total. The van der Waals surface area contributed by atoms with Gasteiger partial charge in [-0.25, -0.2) is 12.8 Å². The summed E-state index contributed by atoms with van der Waals surface area (Å²) >= 11 is 0. The summed E-state index contributed by atoms with van der Waals surface area (Å²) in [5.74, 6) is -1.13. The zero-order valence-corrected chi connectivity index (χ0v) is 15.5. The summed E-state index contributed by atoms with van der Waals surface area (Å²) in [7, 11) is -3.99. The number of carbonyl (C=O) groups is 1. The number of carbonyl (C=O) groups excluding carboxylic acids is 1. The molecule has 1 aliphatic heterocycles. The molecule has 0 spiro atoms. The Morgan fingerprint density at radius 3 is 2.56 bits per heavy atom. The second kappa shape index (κ2) is 8.73. The van der Waals surface area contributed by atoms with E-state index in [4.69, 9.17) is 4.74 Å². The highest BCUT2D eigenvalue weighted by atomic mass is 32.2. The van der Waals surface area contributed by atoms with Crippen molar-refractivity contribution in [3.63, 3.8) is 0 Å². The molecule has 2 rings (SSSR count). The molecule has 6 nitrogen and oxygen atoms in total. The zero-order chi connectivity index (χ0) is 18.4. The van der Waals surface area contributed by atoms with Crippen molar-refractivity contribution in [2.45, 2.75) is 31.6 Å². The van der Waals surface area contributed by atoms with Crippen molar-refractivity contribution in [1.29, 1.82) is 0 Å². The van der Waals surface area contributed by atoms with Gasteiger partial charge in [-0.05, 0) is 31.5 Å². The third-order valence-corrected chi connectivity index (χ3v) is 6.13. The number of unbranched alkanes of at least 4 members (excludes halogenated alkanes) is 1. The maximum absolute atomic E-state index is 14.2. The lowest BCUT2D eigenvalue weighted by Gasteiger charge is -2.26. The lowest BCUT2D eigenvalue weighted by Crippen LogP contribution is -2.41. The minimum absolute atomic E-state index is 0.178. The Kier molecular flexibility index (Phi) is 6.92. The molecule has 1 aromatic rings. The molecular weight excluding hydrogens is 347 g/mol. The Balaban J connectivity index is 2.31. The highest BCUT2D eigenvalue weighted by Crippen LogP contribution is 2.22. The van der Waals surface area contributed by atoms with E-state index in [0.717, 1.165) is 25.0 Å². The zero-order valence-electron chi connectivity index (χ0n) is 14.7. The van der Waals surface area contributed by atoms with Crippen molar-refractivity contribution in [3.05, 3.63) is 29.6 Å². The predicted octanol–water partition coefficient (Wildman–Crippen LogP) is 2.11. The van der Waals surface area contributed by atoms with Crippen LogP contribution in [0.5, 0.6) is 0 Å². The Morgan fingerprint density at radius 1 is 1.28 bits per heavy atom. The summed E-state index contributed by atoms with van der Waals surface area (Å²) in [6.45, 7) is 5.91. The van der Waals surface area contributed by atoms with E-state index in [1.165, 1.54) is 10.4 Å².